The number of amides is 1. The number of ether oxygens (including phenoxy) is 1. The Morgan fingerprint density at radius 1 is 0.963 bits per heavy atom. The second-order valence-corrected chi connectivity index (χ2v) is 7.68. The summed E-state index contributed by atoms with van der Waals surface area (Å²) in [6.45, 7) is 3.67. The molecule has 0 unspecified atom stereocenters. The number of rotatable bonds is 7. The summed E-state index contributed by atoms with van der Waals surface area (Å²) in [5, 5.41) is 0. The number of benzene rings is 2. The summed E-state index contributed by atoms with van der Waals surface area (Å²) in [4.78, 5) is 17.0. The van der Waals surface area contributed by atoms with E-state index in [-0.39, 0.29) is 5.91 Å². The molecule has 0 atom stereocenters. The molecule has 1 saturated carbocycles. The molecule has 0 spiro atoms. The Hall–Kier alpha value is -2.33. The molecule has 0 bridgehead atoms. The number of hydrogen-bond donors (Lipinski definition) is 0. The van der Waals surface area contributed by atoms with Crippen LogP contribution in [0.15, 0.2) is 48.5 Å². The fourth-order valence-corrected chi connectivity index (χ4v) is 3.81. The quantitative estimate of drug-likeness (QED) is 0.742. The van der Waals surface area contributed by atoms with Gasteiger partial charge in [-0.1, -0.05) is 24.3 Å². The average molecular weight is 364 g/mol. The van der Waals surface area contributed by atoms with Crippen molar-refractivity contribution in [1.82, 2.24) is 9.80 Å². The van der Waals surface area contributed by atoms with E-state index in [1.807, 2.05) is 29.2 Å². The van der Waals surface area contributed by atoms with E-state index in [2.05, 4.69) is 29.2 Å². The number of likely N-dealkylation sites (tertiary alicyclic amines) is 1. The molecule has 142 valence electrons. The second kappa shape index (κ2) is 8.13. The summed E-state index contributed by atoms with van der Waals surface area (Å²) in [6.07, 6.45) is 4.82. The van der Waals surface area contributed by atoms with Crippen LogP contribution in [0.25, 0.3) is 0 Å². The Morgan fingerprint density at radius 2 is 1.52 bits per heavy atom. The molecular formula is C23H28N2O2. The highest BCUT2D eigenvalue weighted by molar-refractivity contribution is 5.94. The van der Waals surface area contributed by atoms with Gasteiger partial charge in [0.25, 0.3) is 5.91 Å². The zero-order valence-corrected chi connectivity index (χ0v) is 16.1. The predicted molar refractivity (Wildman–Crippen MR) is 107 cm³/mol. The van der Waals surface area contributed by atoms with Crippen molar-refractivity contribution in [3.05, 3.63) is 65.2 Å². The van der Waals surface area contributed by atoms with Crippen LogP contribution in [0.3, 0.4) is 0 Å². The molecule has 0 radical (unpaired) electrons. The molecule has 2 fully saturated rings. The maximum Gasteiger partial charge on any atom is 0.253 e. The molecule has 4 heteroatoms. The van der Waals surface area contributed by atoms with Crippen molar-refractivity contribution in [2.45, 2.75) is 44.8 Å². The zero-order valence-electron chi connectivity index (χ0n) is 16.1. The highest BCUT2D eigenvalue weighted by Gasteiger charge is 2.29. The highest BCUT2D eigenvalue weighted by atomic mass is 16.5. The van der Waals surface area contributed by atoms with Gasteiger partial charge in [-0.15, -0.1) is 0 Å². The van der Waals surface area contributed by atoms with Gasteiger partial charge in [0.1, 0.15) is 5.75 Å². The SMILES string of the molecule is COc1ccc(CN(Cc2ccc(C(=O)N3CCCC3)cc2)C2CC2)cc1. The molecule has 2 aliphatic rings. The van der Waals surface area contributed by atoms with Crippen molar-refractivity contribution in [3.8, 4) is 5.75 Å². The molecule has 1 aliphatic carbocycles. The molecule has 1 aliphatic heterocycles. The Bertz CT molecular complexity index is 760. The van der Waals surface area contributed by atoms with E-state index in [9.17, 15) is 4.79 Å². The molecule has 4 rings (SSSR count). The minimum atomic E-state index is 0.177. The van der Waals surface area contributed by atoms with Gasteiger partial charge in [-0.25, -0.2) is 0 Å². The predicted octanol–water partition coefficient (Wildman–Crippen LogP) is 4.10. The summed E-state index contributed by atoms with van der Waals surface area (Å²) in [6, 6.07) is 17.2. The smallest absolute Gasteiger partial charge is 0.253 e. The number of methoxy groups -OCH3 is 1. The molecule has 1 saturated heterocycles. The minimum Gasteiger partial charge on any atom is -0.497 e. The molecule has 0 aromatic heterocycles. The van der Waals surface area contributed by atoms with Crippen LogP contribution in [0.4, 0.5) is 0 Å². The molecule has 27 heavy (non-hydrogen) atoms. The van der Waals surface area contributed by atoms with Gasteiger partial charge in [-0.3, -0.25) is 9.69 Å². The van der Waals surface area contributed by atoms with E-state index in [0.29, 0.717) is 6.04 Å². The fourth-order valence-electron chi connectivity index (χ4n) is 3.81. The van der Waals surface area contributed by atoms with Gasteiger partial charge in [0, 0.05) is 37.8 Å². The van der Waals surface area contributed by atoms with Crippen LogP contribution in [0, 0.1) is 0 Å². The number of nitrogens with zero attached hydrogens (tertiary/aromatic N) is 2. The molecule has 0 N–H and O–H groups in total. The van der Waals surface area contributed by atoms with Crippen LogP contribution in [0.1, 0.15) is 47.2 Å². The normalized spacial score (nSPS) is 16.7. The molecule has 4 nitrogen and oxygen atoms in total. The maximum absolute atomic E-state index is 12.5. The van der Waals surface area contributed by atoms with E-state index in [1.165, 1.54) is 24.0 Å². The van der Waals surface area contributed by atoms with Gasteiger partial charge < -0.3 is 9.64 Å². The van der Waals surface area contributed by atoms with Gasteiger partial charge in [0.2, 0.25) is 0 Å². The topological polar surface area (TPSA) is 32.8 Å². The maximum atomic E-state index is 12.5. The van der Waals surface area contributed by atoms with Crippen LogP contribution >= 0.6 is 0 Å². The molecule has 1 amide bonds. The van der Waals surface area contributed by atoms with E-state index >= 15 is 0 Å². The summed E-state index contributed by atoms with van der Waals surface area (Å²) >= 11 is 0. The number of carbonyl (C=O) groups is 1. The lowest BCUT2D eigenvalue weighted by atomic mass is 10.1. The Morgan fingerprint density at radius 3 is 2.04 bits per heavy atom. The van der Waals surface area contributed by atoms with Crippen LogP contribution in [-0.2, 0) is 13.1 Å². The van der Waals surface area contributed by atoms with Gasteiger partial charge in [0.05, 0.1) is 7.11 Å². The van der Waals surface area contributed by atoms with Crippen molar-refractivity contribution in [2.24, 2.45) is 0 Å². The van der Waals surface area contributed by atoms with E-state index in [0.717, 1.165) is 50.3 Å². The minimum absolute atomic E-state index is 0.177. The van der Waals surface area contributed by atoms with Gasteiger partial charge in [-0.2, -0.15) is 0 Å². The molecular weight excluding hydrogens is 336 g/mol. The Kier molecular flexibility index (Phi) is 5.44. The summed E-state index contributed by atoms with van der Waals surface area (Å²) < 4.78 is 5.25. The number of carbonyl (C=O) groups excluding carboxylic acids is 1. The van der Waals surface area contributed by atoms with Crippen molar-refractivity contribution in [2.75, 3.05) is 20.2 Å². The standard InChI is InChI=1S/C23H28N2O2/c1-27-22-12-6-19(7-13-22)17-25(21-10-11-21)16-18-4-8-20(9-5-18)23(26)24-14-2-3-15-24/h4-9,12-13,21H,2-3,10-11,14-17H2,1H3. The highest BCUT2D eigenvalue weighted by Crippen LogP contribution is 2.30. The first-order valence-electron chi connectivity index (χ1n) is 9.98. The summed E-state index contributed by atoms with van der Waals surface area (Å²) in [7, 11) is 1.70. The fraction of sp³-hybridized carbons (Fsp3) is 0.435. The lowest BCUT2D eigenvalue weighted by Crippen LogP contribution is -2.27. The molecule has 2 aromatic rings. The van der Waals surface area contributed by atoms with Crippen molar-refractivity contribution < 1.29 is 9.53 Å². The summed E-state index contributed by atoms with van der Waals surface area (Å²) in [5.41, 5.74) is 3.39. The third-order valence-corrected chi connectivity index (χ3v) is 5.59. The largest absolute Gasteiger partial charge is 0.497 e. The van der Waals surface area contributed by atoms with Gasteiger partial charge in [-0.05, 0) is 61.1 Å². The third-order valence-electron chi connectivity index (χ3n) is 5.59. The first-order valence-corrected chi connectivity index (χ1v) is 9.98. The van der Waals surface area contributed by atoms with Crippen molar-refractivity contribution in [1.29, 1.82) is 0 Å². The van der Waals surface area contributed by atoms with Crippen LogP contribution in [0.5, 0.6) is 5.75 Å². The van der Waals surface area contributed by atoms with Crippen LogP contribution in [-0.4, -0.2) is 41.9 Å². The summed E-state index contributed by atoms with van der Waals surface area (Å²) in [5.74, 6) is 1.08. The third kappa shape index (κ3) is 4.51. The van der Waals surface area contributed by atoms with Crippen LogP contribution < -0.4 is 4.74 Å². The molecule has 2 aromatic carbocycles. The lowest BCUT2D eigenvalue weighted by molar-refractivity contribution is 0.0793. The molecule has 1 heterocycles. The first kappa shape index (κ1) is 18.1. The van der Waals surface area contributed by atoms with E-state index < -0.39 is 0 Å². The van der Waals surface area contributed by atoms with E-state index in [1.54, 1.807) is 7.11 Å². The lowest BCUT2D eigenvalue weighted by Gasteiger charge is -2.22. The first-order chi connectivity index (χ1) is 13.2. The van der Waals surface area contributed by atoms with Crippen molar-refractivity contribution >= 4 is 5.91 Å². The van der Waals surface area contributed by atoms with Crippen molar-refractivity contribution in [3.63, 3.8) is 0 Å². The monoisotopic (exact) mass is 364 g/mol. The number of hydrogen-bond acceptors (Lipinski definition) is 3. The van der Waals surface area contributed by atoms with Gasteiger partial charge in [0.15, 0.2) is 0 Å². The van der Waals surface area contributed by atoms with Gasteiger partial charge >= 0.3 is 0 Å². The zero-order chi connectivity index (χ0) is 18.6. The second-order valence-electron chi connectivity index (χ2n) is 7.68. The Balaban J connectivity index is 1.40. The van der Waals surface area contributed by atoms with E-state index in [4.69, 9.17) is 4.74 Å². The average Bonchev–Trinajstić information content (AvgIpc) is 3.42. The Labute approximate surface area is 161 Å². The van der Waals surface area contributed by atoms with Crippen LogP contribution in [0.2, 0.25) is 0 Å².